The van der Waals surface area contributed by atoms with Gasteiger partial charge in [-0.1, -0.05) is 66.2 Å². The van der Waals surface area contributed by atoms with Gasteiger partial charge in [-0.2, -0.15) is 0 Å². The van der Waals surface area contributed by atoms with E-state index in [0.717, 1.165) is 29.7 Å². The summed E-state index contributed by atoms with van der Waals surface area (Å²) in [5.41, 5.74) is 5.61. The van der Waals surface area contributed by atoms with Gasteiger partial charge in [-0.25, -0.2) is 4.90 Å². The standard InChI is InChI=1S/C26H22N2O2/c1-18-13-15-21(16-14-18)28-25(29)23(20-9-3-2-4-10-20)24(26(28)30)27-17-7-11-19-8-5-6-12-22(19)27/h2-6,8-10,12-16H,7,11,17H2,1H3. The van der Waals surface area contributed by atoms with E-state index in [4.69, 9.17) is 0 Å². The van der Waals surface area contributed by atoms with Gasteiger partial charge in [0, 0.05) is 12.2 Å². The predicted molar refractivity (Wildman–Crippen MR) is 119 cm³/mol. The molecule has 0 atom stereocenters. The van der Waals surface area contributed by atoms with Crippen LogP contribution in [-0.2, 0) is 16.0 Å². The zero-order chi connectivity index (χ0) is 20.7. The Morgan fingerprint density at radius 2 is 1.47 bits per heavy atom. The molecule has 0 radical (unpaired) electrons. The first-order chi connectivity index (χ1) is 14.6. The molecule has 2 amide bonds. The van der Waals surface area contributed by atoms with Crippen molar-refractivity contribution >= 4 is 28.8 Å². The molecule has 2 heterocycles. The van der Waals surface area contributed by atoms with Crippen molar-refractivity contribution in [3.63, 3.8) is 0 Å². The Morgan fingerprint density at radius 3 is 2.23 bits per heavy atom. The number of amides is 2. The maximum Gasteiger partial charge on any atom is 0.282 e. The average molecular weight is 394 g/mol. The van der Waals surface area contributed by atoms with Gasteiger partial charge in [0.25, 0.3) is 11.8 Å². The molecule has 4 nitrogen and oxygen atoms in total. The second kappa shape index (κ2) is 7.30. The summed E-state index contributed by atoms with van der Waals surface area (Å²) in [6.07, 6.45) is 1.92. The van der Waals surface area contributed by atoms with Gasteiger partial charge in [0.2, 0.25) is 0 Å². The molecule has 0 N–H and O–H groups in total. The first-order valence-corrected chi connectivity index (χ1v) is 10.3. The molecule has 30 heavy (non-hydrogen) atoms. The second-order valence-electron chi connectivity index (χ2n) is 7.75. The van der Waals surface area contributed by atoms with Crippen LogP contribution in [0, 0.1) is 6.92 Å². The number of carbonyl (C=O) groups excluding carboxylic acids is 2. The molecule has 0 saturated carbocycles. The highest BCUT2D eigenvalue weighted by molar-refractivity contribution is 6.46. The summed E-state index contributed by atoms with van der Waals surface area (Å²) in [6.45, 7) is 2.70. The molecule has 2 aliphatic rings. The number of imide groups is 1. The van der Waals surface area contributed by atoms with Gasteiger partial charge in [-0.3, -0.25) is 9.59 Å². The fourth-order valence-corrected chi connectivity index (χ4v) is 4.33. The van der Waals surface area contributed by atoms with E-state index in [1.807, 2.05) is 84.6 Å². The summed E-state index contributed by atoms with van der Waals surface area (Å²) in [5, 5.41) is 0. The lowest BCUT2D eigenvalue weighted by Crippen LogP contribution is -2.37. The third-order valence-electron chi connectivity index (χ3n) is 5.79. The second-order valence-corrected chi connectivity index (χ2v) is 7.75. The third kappa shape index (κ3) is 2.92. The number of fused-ring (bicyclic) bond motifs is 1. The molecule has 0 unspecified atom stereocenters. The molecule has 0 bridgehead atoms. The first-order valence-electron chi connectivity index (χ1n) is 10.3. The summed E-state index contributed by atoms with van der Waals surface area (Å²) in [4.78, 5) is 30.6. The molecule has 0 fully saturated rings. The van der Waals surface area contributed by atoms with Crippen molar-refractivity contribution in [1.29, 1.82) is 0 Å². The van der Waals surface area contributed by atoms with E-state index in [1.165, 1.54) is 10.5 Å². The van der Waals surface area contributed by atoms with E-state index < -0.39 is 0 Å². The van der Waals surface area contributed by atoms with E-state index >= 15 is 0 Å². The maximum absolute atomic E-state index is 13.7. The SMILES string of the molecule is Cc1ccc(N2C(=O)C(c3ccccc3)=C(N3CCCc4ccccc43)C2=O)cc1. The highest BCUT2D eigenvalue weighted by Gasteiger charge is 2.43. The highest BCUT2D eigenvalue weighted by atomic mass is 16.2. The Balaban J connectivity index is 1.69. The Morgan fingerprint density at radius 1 is 0.767 bits per heavy atom. The summed E-state index contributed by atoms with van der Waals surface area (Å²) in [5.74, 6) is -0.535. The maximum atomic E-state index is 13.7. The third-order valence-corrected chi connectivity index (χ3v) is 5.79. The van der Waals surface area contributed by atoms with Gasteiger partial charge in [-0.05, 0) is 49.1 Å². The van der Waals surface area contributed by atoms with Gasteiger partial charge in [-0.15, -0.1) is 0 Å². The molecular formula is C26H22N2O2. The van der Waals surface area contributed by atoms with Crippen molar-refractivity contribution in [2.24, 2.45) is 0 Å². The van der Waals surface area contributed by atoms with Crippen LogP contribution in [0.2, 0.25) is 0 Å². The van der Waals surface area contributed by atoms with E-state index in [0.29, 0.717) is 23.5 Å². The summed E-state index contributed by atoms with van der Waals surface area (Å²) >= 11 is 0. The largest absolute Gasteiger partial charge is 0.336 e. The Kier molecular flexibility index (Phi) is 4.47. The Hall–Kier alpha value is -3.66. The molecule has 5 rings (SSSR count). The molecule has 0 aromatic heterocycles. The van der Waals surface area contributed by atoms with Crippen molar-refractivity contribution in [2.45, 2.75) is 19.8 Å². The van der Waals surface area contributed by atoms with E-state index in [2.05, 4.69) is 6.07 Å². The molecule has 3 aromatic carbocycles. The van der Waals surface area contributed by atoms with Crippen LogP contribution in [-0.4, -0.2) is 18.4 Å². The van der Waals surface area contributed by atoms with Gasteiger partial charge in [0.15, 0.2) is 0 Å². The smallest absolute Gasteiger partial charge is 0.282 e. The molecule has 3 aromatic rings. The molecular weight excluding hydrogens is 372 g/mol. The zero-order valence-corrected chi connectivity index (χ0v) is 16.8. The number of hydrogen-bond acceptors (Lipinski definition) is 3. The minimum atomic E-state index is -0.270. The summed E-state index contributed by atoms with van der Waals surface area (Å²) in [6, 6.07) is 25.2. The molecule has 0 spiro atoms. The normalized spacial score (nSPS) is 16.3. The van der Waals surface area contributed by atoms with Gasteiger partial charge in [0.1, 0.15) is 5.70 Å². The Bertz CT molecular complexity index is 1160. The lowest BCUT2D eigenvalue weighted by molar-refractivity contribution is -0.120. The van der Waals surface area contributed by atoms with Gasteiger partial charge >= 0.3 is 0 Å². The minimum absolute atomic E-state index is 0.264. The quantitative estimate of drug-likeness (QED) is 0.603. The van der Waals surface area contributed by atoms with Crippen LogP contribution in [0.3, 0.4) is 0 Å². The molecule has 148 valence electrons. The molecule has 0 saturated heterocycles. The van der Waals surface area contributed by atoms with Crippen LogP contribution in [0.1, 0.15) is 23.1 Å². The van der Waals surface area contributed by atoms with Crippen molar-refractivity contribution < 1.29 is 9.59 Å². The minimum Gasteiger partial charge on any atom is -0.336 e. The average Bonchev–Trinajstić information content (AvgIpc) is 3.04. The topological polar surface area (TPSA) is 40.6 Å². The fourth-order valence-electron chi connectivity index (χ4n) is 4.33. The molecule has 0 aliphatic carbocycles. The number of rotatable bonds is 3. The van der Waals surface area contributed by atoms with Crippen molar-refractivity contribution in [1.82, 2.24) is 0 Å². The van der Waals surface area contributed by atoms with Crippen LogP contribution in [0.15, 0.2) is 84.6 Å². The van der Waals surface area contributed by atoms with Crippen LogP contribution in [0.25, 0.3) is 5.57 Å². The monoisotopic (exact) mass is 394 g/mol. The highest BCUT2D eigenvalue weighted by Crippen LogP contribution is 2.39. The van der Waals surface area contributed by atoms with Gasteiger partial charge in [0.05, 0.1) is 11.3 Å². The van der Waals surface area contributed by atoms with E-state index in [9.17, 15) is 9.59 Å². The number of benzene rings is 3. The van der Waals surface area contributed by atoms with Crippen LogP contribution in [0.5, 0.6) is 0 Å². The van der Waals surface area contributed by atoms with Crippen molar-refractivity contribution in [2.75, 3.05) is 16.3 Å². The number of hydrogen-bond donors (Lipinski definition) is 0. The van der Waals surface area contributed by atoms with E-state index in [1.54, 1.807) is 0 Å². The van der Waals surface area contributed by atoms with Crippen molar-refractivity contribution in [3.05, 3.63) is 101 Å². The van der Waals surface area contributed by atoms with Crippen molar-refractivity contribution in [3.8, 4) is 0 Å². The lowest BCUT2D eigenvalue weighted by atomic mass is 9.98. The summed E-state index contributed by atoms with van der Waals surface area (Å²) < 4.78 is 0. The van der Waals surface area contributed by atoms with Gasteiger partial charge < -0.3 is 4.90 Å². The molecule has 2 aliphatic heterocycles. The fraction of sp³-hybridized carbons (Fsp3) is 0.154. The number of carbonyl (C=O) groups is 2. The lowest BCUT2D eigenvalue weighted by Gasteiger charge is -2.32. The van der Waals surface area contributed by atoms with Crippen LogP contribution < -0.4 is 9.80 Å². The number of aryl methyl sites for hydroxylation is 2. The Labute approximate surface area is 176 Å². The number of para-hydroxylation sites is 1. The zero-order valence-electron chi connectivity index (χ0n) is 16.8. The first kappa shape index (κ1) is 18.4. The van der Waals surface area contributed by atoms with Crippen LogP contribution in [0.4, 0.5) is 11.4 Å². The molecule has 4 heteroatoms. The van der Waals surface area contributed by atoms with Crippen LogP contribution >= 0.6 is 0 Å². The van der Waals surface area contributed by atoms with E-state index in [-0.39, 0.29) is 11.8 Å². The predicted octanol–water partition coefficient (Wildman–Crippen LogP) is 4.73. The summed E-state index contributed by atoms with van der Waals surface area (Å²) in [7, 11) is 0. The number of anilines is 2. The number of nitrogens with zero attached hydrogens (tertiary/aromatic N) is 2.